The fourth-order valence-corrected chi connectivity index (χ4v) is 3.33. The van der Waals surface area contributed by atoms with Gasteiger partial charge in [-0.05, 0) is 42.3 Å². The largest absolute Gasteiger partial charge is 0.497 e. The molecule has 0 aliphatic carbocycles. The zero-order valence-corrected chi connectivity index (χ0v) is 14.5. The fraction of sp³-hybridized carbons (Fsp3) is 0.286. The minimum absolute atomic E-state index is 0.890. The molecule has 0 aliphatic heterocycles. The van der Waals surface area contributed by atoms with Crippen LogP contribution < -0.4 is 27.8 Å². The van der Waals surface area contributed by atoms with E-state index in [1.54, 1.807) is 18.4 Å². The normalized spacial score (nSPS) is 11.5. The quantitative estimate of drug-likeness (QED) is 0.474. The number of nitrogens with zero attached hydrogens (tertiary/aromatic N) is 2. The highest BCUT2D eigenvalue weighted by Crippen LogP contribution is 2.26. The number of hydrogen-bond acceptors (Lipinski definition) is 7. The summed E-state index contributed by atoms with van der Waals surface area (Å²) in [6.07, 6.45) is 0. The van der Waals surface area contributed by atoms with Gasteiger partial charge in [0.05, 0.1) is 11.8 Å². The van der Waals surface area contributed by atoms with Crippen LogP contribution in [-0.4, -0.2) is 12.1 Å². The van der Waals surface area contributed by atoms with Gasteiger partial charge in [0.25, 0.3) is 0 Å². The van der Waals surface area contributed by atoms with Crippen molar-refractivity contribution in [2.75, 3.05) is 7.11 Å². The topological polar surface area (TPSA) is 118 Å². The summed E-state index contributed by atoms with van der Waals surface area (Å²) >= 11 is 1.70. The van der Waals surface area contributed by atoms with Crippen molar-refractivity contribution in [3.8, 4) is 5.75 Å². The van der Waals surface area contributed by atoms with Crippen molar-refractivity contribution in [1.82, 2.24) is 4.98 Å². The van der Waals surface area contributed by atoms with Gasteiger partial charge in [-0.2, -0.15) is 4.40 Å². The summed E-state index contributed by atoms with van der Waals surface area (Å²) in [5.41, 5.74) is 4.81. The second-order valence-corrected chi connectivity index (χ2v) is 6.60. The third-order valence-corrected chi connectivity index (χ3v) is 4.49. The monoisotopic (exact) mass is 358 g/mol. The minimum atomic E-state index is -4.94. The lowest BCUT2D eigenvalue weighted by Gasteiger charge is -2.17. The number of rotatable bonds is 1. The molecule has 0 amide bonds. The summed E-state index contributed by atoms with van der Waals surface area (Å²) in [4.78, 5) is 5.71. The minimum Gasteiger partial charge on any atom is -0.497 e. The molecule has 7 nitrogen and oxygen atoms in total. The van der Waals surface area contributed by atoms with Crippen LogP contribution in [0.1, 0.15) is 17.0 Å². The molecule has 0 saturated heterocycles. The van der Waals surface area contributed by atoms with Gasteiger partial charge in [0.1, 0.15) is 11.4 Å². The number of fused-ring (bicyclic) bond motifs is 3. The van der Waals surface area contributed by atoms with Crippen molar-refractivity contribution >= 4 is 26.5 Å². The molecular formula is C14H15ClN2O5S. The lowest BCUT2D eigenvalue weighted by molar-refractivity contribution is -2.00. The number of benzene rings is 1. The predicted molar refractivity (Wildman–Crippen MR) is 73.5 cm³/mol. The Labute approximate surface area is 138 Å². The molecule has 0 spiro atoms. The average Bonchev–Trinajstić information content (AvgIpc) is 2.79. The molecule has 0 aliphatic rings. The van der Waals surface area contributed by atoms with Crippen LogP contribution in [0.25, 0.3) is 15.2 Å². The second kappa shape index (κ2) is 6.52. The van der Waals surface area contributed by atoms with Crippen LogP contribution in [-0.2, 0) is 0 Å². The maximum atomic E-state index is 8.49. The van der Waals surface area contributed by atoms with Crippen LogP contribution in [0.4, 0.5) is 0 Å². The van der Waals surface area contributed by atoms with E-state index in [2.05, 4.69) is 42.3 Å². The highest BCUT2D eigenvalue weighted by Gasteiger charge is 2.19. The molecule has 2 heterocycles. The number of thiazole rings is 1. The first-order valence-electron chi connectivity index (χ1n) is 6.49. The summed E-state index contributed by atoms with van der Waals surface area (Å²) in [7, 11) is -3.25. The number of methoxy groups -OCH3 is 1. The van der Waals surface area contributed by atoms with Gasteiger partial charge in [-0.1, -0.05) is 0 Å². The van der Waals surface area contributed by atoms with Gasteiger partial charge < -0.3 is 4.74 Å². The van der Waals surface area contributed by atoms with E-state index >= 15 is 0 Å². The van der Waals surface area contributed by atoms with Gasteiger partial charge in [-0.15, -0.1) is 10.2 Å². The molecule has 0 fully saturated rings. The lowest BCUT2D eigenvalue weighted by Crippen LogP contribution is -2.68. The Morgan fingerprint density at radius 2 is 1.74 bits per heavy atom. The summed E-state index contributed by atoms with van der Waals surface area (Å²) in [6.45, 7) is 6.33. The summed E-state index contributed by atoms with van der Waals surface area (Å²) in [6, 6.07) is 6.16. The Balaban J connectivity index is 0.000000338. The smallest absolute Gasteiger partial charge is 0.388 e. The molecule has 0 radical (unpaired) electrons. The summed E-state index contributed by atoms with van der Waals surface area (Å²) in [5.74, 6) is 0.890. The van der Waals surface area contributed by atoms with Gasteiger partial charge in [0.15, 0.2) is 11.2 Å². The van der Waals surface area contributed by atoms with E-state index in [4.69, 9.17) is 23.4 Å². The van der Waals surface area contributed by atoms with Crippen molar-refractivity contribution in [2.45, 2.75) is 20.8 Å². The third-order valence-electron chi connectivity index (χ3n) is 3.48. The van der Waals surface area contributed by atoms with Crippen molar-refractivity contribution in [2.24, 2.45) is 0 Å². The molecule has 9 heteroatoms. The van der Waals surface area contributed by atoms with E-state index in [0.717, 1.165) is 16.4 Å². The molecular weight excluding hydrogens is 344 g/mol. The van der Waals surface area contributed by atoms with E-state index in [1.165, 1.54) is 21.5 Å². The molecule has 1 aromatic carbocycles. The number of aromatic nitrogens is 2. The zero-order chi connectivity index (χ0) is 17.4. The summed E-state index contributed by atoms with van der Waals surface area (Å²) < 4.78 is 42.7. The van der Waals surface area contributed by atoms with Crippen molar-refractivity contribution in [3.63, 3.8) is 0 Å². The van der Waals surface area contributed by atoms with Crippen LogP contribution in [0.15, 0.2) is 18.2 Å². The second-order valence-electron chi connectivity index (χ2n) is 4.84. The first kappa shape index (κ1) is 17.8. The van der Waals surface area contributed by atoms with E-state index in [0.29, 0.717) is 0 Å². The summed E-state index contributed by atoms with van der Waals surface area (Å²) in [5, 5.41) is 0. The number of halogens is 1. The SMILES string of the molecule is COc1ccc2c(c1)sc1nc(C)c(C)c(C)[n+]12.[O-][Cl+3]([O-])([O-])[O-]. The zero-order valence-electron chi connectivity index (χ0n) is 13.0. The van der Waals surface area contributed by atoms with Crippen molar-refractivity contribution < 1.29 is 38.0 Å². The van der Waals surface area contributed by atoms with Crippen LogP contribution in [0.5, 0.6) is 5.75 Å². The molecule has 23 heavy (non-hydrogen) atoms. The van der Waals surface area contributed by atoms with E-state index in [-0.39, 0.29) is 0 Å². The van der Waals surface area contributed by atoms with Gasteiger partial charge in [0.2, 0.25) is 0 Å². The Hall–Kier alpha value is -1.55. The molecule has 124 valence electrons. The maximum Gasteiger partial charge on any atom is 0.388 e. The average molecular weight is 359 g/mol. The Kier molecular flexibility index (Phi) is 5.04. The van der Waals surface area contributed by atoms with Crippen LogP contribution in [0, 0.1) is 31.0 Å². The Bertz CT molecular complexity index is 854. The molecule has 0 N–H and O–H groups in total. The number of ether oxygens (including phenoxy) is 1. The maximum absolute atomic E-state index is 8.49. The van der Waals surface area contributed by atoms with Gasteiger partial charge in [-0.3, -0.25) is 0 Å². The predicted octanol–water partition coefficient (Wildman–Crippen LogP) is -1.79. The highest BCUT2D eigenvalue weighted by molar-refractivity contribution is 7.22. The number of hydrogen-bond donors (Lipinski definition) is 0. The molecule has 3 aromatic rings. The fourth-order valence-electron chi connectivity index (χ4n) is 2.19. The standard InChI is InChI=1S/C14H15N2OS.ClHO4/c1-8-9(2)15-14-16(10(8)3)12-6-5-11(17-4)7-13(12)18-14;2-1(3,4)5/h5-7H,1-4H3;(H,2,3,4,5)/q+1;/p-1. The first-order valence-corrected chi connectivity index (χ1v) is 8.54. The third kappa shape index (κ3) is 4.05. The molecule has 0 bridgehead atoms. The Morgan fingerprint density at radius 1 is 1.13 bits per heavy atom. The molecule has 0 atom stereocenters. The van der Waals surface area contributed by atoms with Gasteiger partial charge in [0, 0.05) is 18.6 Å². The van der Waals surface area contributed by atoms with Crippen LogP contribution in [0.2, 0.25) is 0 Å². The van der Waals surface area contributed by atoms with E-state index in [9.17, 15) is 0 Å². The van der Waals surface area contributed by atoms with Crippen molar-refractivity contribution in [3.05, 3.63) is 35.2 Å². The van der Waals surface area contributed by atoms with E-state index < -0.39 is 10.2 Å². The Morgan fingerprint density at radius 3 is 2.30 bits per heavy atom. The van der Waals surface area contributed by atoms with Crippen LogP contribution >= 0.6 is 11.3 Å². The first-order chi connectivity index (χ1) is 10.6. The van der Waals surface area contributed by atoms with Crippen molar-refractivity contribution in [1.29, 1.82) is 0 Å². The molecule has 0 saturated carbocycles. The molecule has 0 unspecified atom stereocenters. The highest BCUT2D eigenvalue weighted by atomic mass is 35.7. The van der Waals surface area contributed by atoms with Gasteiger partial charge in [-0.25, -0.2) is 18.6 Å². The van der Waals surface area contributed by atoms with Gasteiger partial charge >= 0.3 is 4.96 Å². The lowest BCUT2D eigenvalue weighted by atomic mass is 10.2. The molecule has 3 rings (SSSR count). The van der Waals surface area contributed by atoms with Crippen LogP contribution in [0.3, 0.4) is 0 Å². The number of aryl methyl sites for hydroxylation is 2. The molecule has 2 aromatic heterocycles. The van der Waals surface area contributed by atoms with E-state index in [1.807, 2.05) is 6.07 Å².